The van der Waals surface area contributed by atoms with Crippen LogP contribution in [-0.4, -0.2) is 77.5 Å². The number of rotatable bonds is 10. The number of benzene rings is 2. The highest BCUT2D eigenvalue weighted by Gasteiger charge is 2.45. The average Bonchev–Trinajstić information content (AvgIpc) is 3.46. The zero-order valence-electron chi connectivity index (χ0n) is 24.8. The SMILES string of the molecule is CCOC(=O)NCC1(OCC)CCCCC1n1cnc(C(=O)N2CCNC[C@H]2Cc2ccccc2)c1-c1ccccc1. The maximum absolute atomic E-state index is 14.4. The van der Waals surface area contributed by atoms with E-state index in [4.69, 9.17) is 14.5 Å². The standard InChI is InChI=1S/C33H43N5O4/c1-3-41-32(40)35-23-33(42-4-2)18-12-11-17-28(33)38-24-36-29(30(38)26-15-9-6-10-16-26)31(39)37-20-19-34-22-27(37)21-25-13-7-5-8-14-25/h5-10,13-16,24,27-28,34H,3-4,11-12,17-23H2,1-2H3,(H,35,40)/t27-,28?,33?/m1/s1. The number of ether oxygens (including phenoxy) is 2. The van der Waals surface area contributed by atoms with Crippen molar-refractivity contribution in [2.45, 2.75) is 63.6 Å². The molecule has 1 aliphatic heterocycles. The molecule has 1 aliphatic carbocycles. The van der Waals surface area contributed by atoms with Crippen molar-refractivity contribution >= 4 is 12.0 Å². The predicted octanol–water partition coefficient (Wildman–Crippen LogP) is 4.84. The molecule has 2 aliphatic rings. The minimum atomic E-state index is -0.658. The molecule has 224 valence electrons. The molecule has 0 radical (unpaired) electrons. The van der Waals surface area contributed by atoms with Crippen molar-refractivity contribution in [2.24, 2.45) is 0 Å². The second-order valence-electron chi connectivity index (χ2n) is 11.1. The molecule has 2 N–H and O–H groups in total. The zero-order chi connectivity index (χ0) is 29.4. The van der Waals surface area contributed by atoms with Gasteiger partial charge in [-0.3, -0.25) is 4.79 Å². The fraction of sp³-hybridized carbons (Fsp3) is 0.485. The summed E-state index contributed by atoms with van der Waals surface area (Å²) in [5.74, 6) is -0.0579. The summed E-state index contributed by atoms with van der Waals surface area (Å²) in [5.41, 5.74) is 2.73. The highest BCUT2D eigenvalue weighted by molar-refractivity contribution is 5.98. The van der Waals surface area contributed by atoms with Crippen LogP contribution in [0.4, 0.5) is 4.79 Å². The fourth-order valence-electron chi connectivity index (χ4n) is 6.57. The molecule has 2 amide bonds. The first kappa shape index (κ1) is 29.8. The van der Waals surface area contributed by atoms with Gasteiger partial charge in [-0.05, 0) is 38.7 Å². The molecule has 2 heterocycles. The third kappa shape index (κ3) is 6.52. The van der Waals surface area contributed by atoms with Crippen molar-refractivity contribution in [3.63, 3.8) is 0 Å². The van der Waals surface area contributed by atoms with Crippen LogP contribution in [0.2, 0.25) is 0 Å². The Hall–Kier alpha value is -3.69. The molecule has 2 fully saturated rings. The lowest BCUT2D eigenvalue weighted by Gasteiger charge is -2.45. The van der Waals surface area contributed by atoms with Crippen molar-refractivity contribution < 1.29 is 19.1 Å². The highest BCUT2D eigenvalue weighted by atomic mass is 16.5. The van der Waals surface area contributed by atoms with Gasteiger partial charge in [0.05, 0.1) is 31.2 Å². The summed E-state index contributed by atoms with van der Waals surface area (Å²) in [5, 5.41) is 6.42. The second kappa shape index (κ2) is 14.0. The van der Waals surface area contributed by atoms with E-state index in [-0.39, 0.29) is 18.0 Å². The Morgan fingerprint density at radius 1 is 1.05 bits per heavy atom. The molecule has 0 spiro atoms. The lowest BCUT2D eigenvalue weighted by atomic mass is 9.79. The third-order valence-electron chi connectivity index (χ3n) is 8.48. The summed E-state index contributed by atoms with van der Waals surface area (Å²) in [6.45, 7) is 7.00. The normalized spacial score (nSPS) is 22.5. The zero-order valence-corrected chi connectivity index (χ0v) is 24.8. The number of carbonyl (C=O) groups is 2. The van der Waals surface area contributed by atoms with E-state index in [1.54, 1.807) is 13.3 Å². The number of nitrogens with zero attached hydrogens (tertiary/aromatic N) is 3. The Morgan fingerprint density at radius 3 is 2.55 bits per heavy atom. The number of aromatic nitrogens is 2. The maximum atomic E-state index is 14.4. The van der Waals surface area contributed by atoms with Crippen LogP contribution in [0.5, 0.6) is 0 Å². The lowest BCUT2D eigenvalue weighted by Crippen LogP contribution is -2.54. The van der Waals surface area contributed by atoms with Gasteiger partial charge < -0.3 is 29.6 Å². The van der Waals surface area contributed by atoms with Gasteiger partial charge in [0.25, 0.3) is 5.91 Å². The first-order valence-electron chi connectivity index (χ1n) is 15.3. The van der Waals surface area contributed by atoms with Gasteiger partial charge in [-0.2, -0.15) is 0 Å². The van der Waals surface area contributed by atoms with E-state index >= 15 is 0 Å². The Labute approximate surface area is 248 Å². The molecule has 9 nitrogen and oxygen atoms in total. The molecule has 3 aromatic rings. The molecule has 42 heavy (non-hydrogen) atoms. The van der Waals surface area contributed by atoms with Crippen molar-refractivity contribution in [2.75, 3.05) is 39.4 Å². The van der Waals surface area contributed by atoms with Crippen LogP contribution in [0.1, 0.15) is 61.6 Å². The Balaban J connectivity index is 1.52. The van der Waals surface area contributed by atoms with E-state index < -0.39 is 11.7 Å². The van der Waals surface area contributed by atoms with E-state index in [1.807, 2.05) is 60.4 Å². The Bertz CT molecular complexity index is 1310. The lowest BCUT2D eigenvalue weighted by molar-refractivity contribution is -0.0952. The fourth-order valence-corrected chi connectivity index (χ4v) is 6.57. The highest BCUT2D eigenvalue weighted by Crippen LogP contribution is 2.43. The molecular formula is C33H43N5O4. The van der Waals surface area contributed by atoms with Gasteiger partial charge in [0.1, 0.15) is 5.60 Å². The monoisotopic (exact) mass is 573 g/mol. The number of amides is 2. The number of alkyl carbamates (subject to hydrolysis) is 1. The number of piperazine rings is 1. The van der Waals surface area contributed by atoms with E-state index in [0.29, 0.717) is 32.0 Å². The molecule has 5 rings (SSSR count). The first-order valence-corrected chi connectivity index (χ1v) is 15.3. The Kier molecular flexibility index (Phi) is 9.92. The van der Waals surface area contributed by atoms with E-state index in [2.05, 4.69) is 27.3 Å². The van der Waals surface area contributed by atoms with Gasteiger partial charge in [0.2, 0.25) is 0 Å². The van der Waals surface area contributed by atoms with E-state index in [1.165, 1.54) is 5.56 Å². The third-order valence-corrected chi connectivity index (χ3v) is 8.48. The van der Waals surface area contributed by atoms with Crippen LogP contribution in [0.25, 0.3) is 11.3 Å². The summed E-state index contributed by atoms with van der Waals surface area (Å²) in [6.07, 6.45) is 5.77. The van der Waals surface area contributed by atoms with Crippen LogP contribution in [0.3, 0.4) is 0 Å². The quantitative estimate of drug-likeness (QED) is 0.360. The smallest absolute Gasteiger partial charge is 0.407 e. The summed E-state index contributed by atoms with van der Waals surface area (Å²) >= 11 is 0. The van der Waals surface area contributed by atoms with Gasteiger partial charge in [-0.25, -0.2) is 9.78 Å². The Morgan fingerprint density at radius 2 is 1.81 bits per heavy atom. The van der Waals surface area contributed by atoms with Crippen molar-refractivity contribution in [1.82, 2.24) is 25.1 Å². The second-order valence-corrected chi connectivity index (χ2v) is 11.1. The molecule has 1 saturated heterocycles. The van der Waals surface area contributed by atoms with Crippen molar-refractivity contribution in [3.8, 4) is 11.3 Å². The minimum absolute atomic E-state index is 0.0217. The van der Waals surface area contributed by atoms with Crippen molar-refractivity contribution in [1.29, 1.82) is 0 Å². The molecule has 9 heteroatoms. The molecule has 2 aromatic carbocycles. The molecular weight excluding hydrogens is 530 g/mol. The van der Waals surface area contributed by atoms with Crippen LogP contribution in [-0.2, 0) is 15.9 Å². The van der Waals surface area contributed by atoms with Gasteiger partial charge in [-0.1, -0.05) is 73.5 Å². The van der Waals surface area contributed by atoms with Crippen LogP contribution < -0.4 is 10.6 Å². The molecule has 2 unspecified atom stereocenters. The largest absolute Gasteiger partial charge is 0.450 e. The molecule has 1 saturated carbocycles. The average molecular weight is 574 g/mol. The molecule has 3 atom stereocenters. The summed E-state index contributed by atoms with van der Waals surface area (Å²) in [6, 6.07) is 20.2. The van der Waals surface area contributed by atoms with Gasteiger partial charge >= 0.3 is 6.09 Å². The van der Waals surface area contributed by atoms with Crippen LogP contribution in [0, 0.1) is 0 Å². The number of hydrogen-bond acceptors (Lipinski definition) is 6. The number of nitrogens with one attached hydrogen (secondary N) is 2. The minimum Gasteiger partial charge on any atom is -0.450 e. The van der Waals surface area contributed by atoms with Crippen LogP contribution >= 0.6 is 0 Å². The summed E-state index contributed by atoms with van der Waals surface area (Å²) in [7, 11) is 0. The predicted molar refractivity (Wildman–Crippen MR) is 162 cm³/mol. The van der Waals surface area contributed by atoms with Crippen molar-refractivity contribution in [3.05, 3.63) is 78.2 Å². The topological polar surface area (TPSA) is 97.7 Å². The van der Waals surface area contributed by atoms with Crippen LogP contribution in [0.15, 0.2) is 67.0 Å². The van der Waals surface area contributed by atoms with E-state index in [9.17, 15) is 9.59 Å². The van der Waals surface area contributed by atoms with Gasteiger partial charge in [-0.15, -0.1) is 0 Å². The molecule has 0 bridgehead atoms. The summed E-state index contributed by atoms with van der Waals surface area (Å²) < 4.78 is 13.8. The molecule has 1 aromatic heterocycles. The number of hydrogen-bond donors (Lipinski definition) is 2. The number of imidazole rings is 1. The van der Waals surface area contributed by atoms with Gasteiger partial charge in [0.15, 0.2) is 5.69 Å². The number of carbonyl (C=O) groups excluding carboxylic acids is 2. The van der Waals surface area contributed by atoms with E-state index in [0.717, 1.165) is 56.5 Å². The first-order chi connectivity index (χ1) is 20.6. The summed E-state index contributed by atoms with van der Waals surface area (Å²) in [4.78, 5) is 33.5. The van der Waals surface area contributed by atoms with Gasteiger partial charge in [0, 0.05) is 37.8 Å². The maximum Gasteiger partial charge on any atom is 0.407 e.